The molecule has 2 aromatic carbocycles. The molecule has 5 nitrogen and oxygen atoms in total. The summed E-state index contributed by atoms with van der Waals surface area (Å²) in [5.41, 5.74) is 3.62. The summed E-state index contributed by atoms with van der Waals surface area (Å²) in [4.78, 5) is 16.8. The number of aromatic nitrogens is 2. The van der Waals surface area contributed by atoms with Crippen molar-refractivity contribution in [3.8, 4) is 5.69 Å². The summed E-state index contributed by atoms with van der Waals surface area (Å²) < 4.78 is 2.01. The van der Waals surface area contributed by atoms with Crippen molar-refractivity contribution >= 4 is 16.9 Å². The lowest BCUT2D eigenvalue weighted by atomic mass is 9.93. The highest BCUT2D eigenvalue weighted by atomic mass is 16.3. The zero-order chi connectivity index (χ0) is 17.2. The molecule has 4 rings (SSSR count). The van der Waals surface area contributed by atoms with E-state index in [2.05, 4.69) is 10.3 Å². The molecule has 0 aliphatic heterocycles. The zero-order valence-electron chi connectivity index (χ0n) is 13.9. The first-order valence-electron chi connectivity index (χ1n) is 8.72. The molecule has 1 aliphatic rings. The predicted octanol–water partition coefficient (Wildman–Crippen LogP) is 3.06. The summed E-state index contributed by atoms with van der Waals surface area (Å²) in [6.07, 6.45) is 4.79. The molecule has 1 saturated carbocycles. The molecule has 0 atom stereocenters. The van der Waals surface area contributed by atoms with E-state index in [9.17, 15) is 9.90 Å². The van der Waals surface area contributed by atoms with Gasteiger partial charge in [-0.05, 0) is 62.1 Å². The van der Waals surface area contributed by atoms with Crippen LogP contribution in [0.25, 0.3) is 16.7 Å². The van der Waals surface area contributed by atoms with Gasteiger partial charge in [0.05, 0.1) is 17.1 Å². The lowest BCUT2D eigenvalue weighted by Gasteiger charge is -2.26. The molecule has 3 aromatic rings. The quantitative estimate of drug-likeness (QED) is 0.773. The molecule has 2 N–H and O–H groups in total. The molecule has 128 valence electrons. The molecule has 1 fully saturated rings. The minimum atomic E-state index is -0.211. The lowest BCUT2D eigenvalue weighted by Crippen LogP contribution is -2.38. The Kier molecular flexibility index (Phi) is 4.24. The third-order valence-electron chi connectivity index (χ3n) is 4.89. The highest BCUT2D eigenvalue weighted by Gasteiger charge is 2.21. The van der Waals surface area contributed by atoms with Gasteiger partial charge < -0.3 is 10.4 Å². The molecule has 0 spiro atoms. The Morgan fingerprint density at radius 2 is 1.76 bits per heavy atom. The number of fused-ring (bicyclic) bond motifs is 1. The molecular formula is C20H21N3O2. The van der Waals surface area contributed by atoms with E-state index in [-0.39, 0.29) is 18.1 Å². The number of amides is 1. The monoisotopic (exact) mass is 335 g/mol. The topological polar surface area (TPSA) is 67.2 Å². The molecule has 1 aliphatic carbocycles. The van der Waals surface area contributed by atoms with E-state index in [0.29, 0.717) is 5.56 Å². The Bertz CT molecular complexity index is 877. The summed E-state index contributed by atoms with van der Waals surface area (Å²) in [6.45, 7) is 0. The van der Waals surface area contributed by atoms with Crippen LogP contribution in [0.4, 0.5) is 0 Å². The van der Waals surface area contributed by atoms with Gasteiger partial charge in [0.2, 0.25) is 0 Å². The minimum Gasteiger partial charge on any atom is -0.393 e. The molecule has 25 heavy (non-hydrogen) atoms. The first-order chi connectivity index (χ1) is 12.2. The Hall–Kier alpha value is -2.66. The van der Waals surface area contributed by atoms with Crippen molar-refractivity contribution in [1.82, 2.24) is 14.9 Å². The predicted molar refractivity (Wildman–Crippen MR) is 96.8 cm³/mol. The molecule has 5 heteroatoms. The highest BCUT2D eigenvalue weighted by molar-refractivity contribution is 5.94. The lowest BCUT2D eigenvalue weighted by molar-refractivity contribution is 0.0867. The number of hydrogen-bond acceptors (Lipinski definition) is 3. The standard InChI is InChI=1S/C20H21N3O2/c24-17-11-7-15(8-12-17)22-20(25)14-5-9-16(10-6-14)23-13-21-18-3-1-2-4-19(18)23/h1-6,9-10,13,15,17,24H,7-8,11-12H2,(H,22,25). The third-order valence-corrected chi connectivity index (χ3v) is 4.89. The van der Waals surface area contributed by atoms with E-state index >= 15 is 0 Å². The van der Waals surface area contributed by atoms with Gasteiger partial charge in [-0.25, -0.2) is 4.98 Å². The Morgan fingerprint density at radius 1 is 1.04 bits per heavy atom. The average molecular weight is 335 g/mol. The molecular weight excluding hydrogens is 314 g/mol. The van der Waals surface area contributed by atoms with Gasteiger partial charge >= 0.3 is 0 Å². The maximum atomic E-state index is 12.4. The van der Waals surface area contributed by atoms with Gasteiger partial charge in [-0.15, -0.1) is 0 Å². The van der Waals surface area contributed by atoms with Crippen molar-refractivity contribution in [3.05, 3.63) is 60.4 Å². The van der Waals surface area contributed by atoms with Crippen LogP contribution in [-0.2, 0) is 0 Å². The Morgan fingerprint density at radius 3 is 2.52 bits per heavy atom. The number of aliphatic hydroxyl groups excluding tert-OH is 1. The normalized spacial score (nSPS) is 20.5. The molecule has 0 saturated heterocycles. The number of nitrogens with zero attached hydrogens (tertiary/aromatic N) is 2. The molecule has 0 unspecified atom stereocenters. The molecule has 1 aromatic heterocycles. The first-order valence-corrected chi connectivity index (χ1v) is 8.72. The van der Waals surface area contributed by atoms with E-state index in [1.807, 2.05) is 53.1 Å². The van der Waals surface area contributed by atoms with Gasteiger partial charge in [0.25, 0.3) is 5.91 Å². The Balaban J connectivity index is 1.49. The second-order valence-electron chi connectivity index (χ2n) is 6.63. The van der Waals surface area contributed by atoms with E-state index in [4.69, 9.17) is 0 Å². The van der Waals surface area contributed by atoms with E-state index < -0.39 is 0 Å². The van der Waals surface area contributed by atoms with Crippen LogP contribution in [0, 0.1) is 0 Å². The maximum Gasteiger partial charge on any atom is 0.251 e. The van der Waals surface area contributed by atoms with Gasteiger partial charge in [-0.1, -0.05) is 12.1 Å². The van der Waals surface area contributed by atoms with Crippen LogP contribution in [0.3, 0.4) is 0 Å². The second-order valence-corrected chi connectivity index (χ2v) is 6.63. The van der Waals surface area contributed by atoms with Crippen molar-refractivity contribution in [2.75, 3.05) is 0 Å². The van der Waals surface area contributed by atoms with Crippen molar-refractivity contribution in [1.29, 1.82) is 0 Å². The number of aliphatic hydroxyl groups is 1. The van der Waals surface area contributed by atoms with E-state index in [1.165, 1.54) is 0 Å². The van der Waals surface area contributed by atoms with Crippen LogP contribution in [0.1, 0.15) is 36.0 Å². The van der Waals surface area contributed by atoms with Gasteiger partial charge in [0.15, 0.2) is 0 Å². The number of carbonyl (C=O) groups is 1. The van der Waals surface area contributed by atoms with Crippen molar-refractivity contribution in [2.24, 2.45) is 0 Å². The molecule has 1 heterocycles. The summed E-state index contributed by atoms with van der Waals surface area (Å²) >= 11 is 0. The number of rotatable bonds is 3. The fourth-order valence-electron chi connectivity index (χ4n) is 3.43. The van der Waals surface area contributed by atoms with Gasteiger partial charge in [-0.3, -0.25) is 9.36 Å². The summed E-state index contributed by atoms with van der Waals surface area (Å²) in [6, 6.07) is 15.7. The number of nitrogens with one attached hydrogen (secondary N) is 1. The van der Waals surface area contributed by atoms with E-state index in [1.54, 1.807) is 6.33 Å². The van der Waals surface area contributed by atoms with E-state index in [0.717, 1.165) is 42.4 Å². The number of carbonyl (C=O) groups excluding carboxylic acids is 1. The third kappa shape index (κ3) is 3.28. The minimum absolute atomic E-state index is 0.0524. The van der Waals surface area contributed by atoms with Crippen LogP contribution in [0.5, 0.6) is 0 Å². The molecule has 1 amide bonds. The van der Waals surface area contributed by atoms with Crippen LogP contribution in [0.15, 0.2) is 54.9 Å². The fraction of sp³-hybridized carbons (Fsp3) is 0.300. The second kappa shape index (κ2) is 6.69. The number of imidazole rings is 1. The smallest absolute Gasteiger partial charge is 0.251 e. The van der Waals surface area contributed by atoms with Crippen molar-refractivity contribution in [2.45, 2.75) is 37.8 Å². The summed E-state index contributed by atoms with van der Waals surface area (Å²) in [5, 5.41) is 12.6. The molecule has 0 bridgehead atoms. The summed E-state index contributed by atoms with van der Waals surface area (Å²) in [5.74, 6) is -0.0524. The van der Waals surface area contributed by atoms with Crippen molar-refractivity contribution < 1.29 is 9.90 Å². The number of para-hydroxylation sites is 2. The SMILES string of the molecule is O=C(NC1CCC(O)CC1)c1ccc(-n2cnc3ccccc32)cc1. The van der Waals surface area contributed by atoms with Gasteiger partial charge in [0, 0.05) is 17.3 Å². The largest absolute Gasteiger partial charge is 0.393 e. The van der Waals surface area contributed by atoms with Crippen LogP contribution in [0.2, 0.25) is 0 Å². The van der Waals surface area contributed by atoms with Crippen LogP contribution in [-0.4, -0.2) is 32.7 Å². The van der Waals surface area contributed by atoms with Crippen molar-refractivity contribution in [3.63, 3.8) is 0 Å². The zero-order valence-corrected chi connectivity index (χ0v) is 13.9. The maximum absolute atomic E-state index is 12.4. The van der Waals surface area contributed by atoms with Gasteiger partial charge in [0.1, 0.15) is 6.33 Å². The average Bonchev–Trinajstić information content (AvgIpc) is 3.08. The highest BCUT2D eigenvalue weighted by Crippen LogP contribution is 2.20. The van der Waals surface area contributed by atoms with Crippen LogP contribution >= 0.6 is 0 Å². The molecule has 0 radical (unpaired) electrons. The summed E-state index contributed by atoms with van der Waals surface area (Å²) in [7, 11) is 0. The number of benzene rings is 2. The first kappa shape index (κ1) is 15.8. The number of hydrogen-bond donors (Lipinski definition) is 2. The van der Waals surface area contributed by atoms with Gasteiger partial charge in [-0.2, -0.15) is 0 Å². The fourth-order valence-corrected chi connectivity index (χ4v) is 3.43. The van der Waals surface area contributed by atoms with Crippen LogP contribution < -0.4 is 5.32 Å². The Labute approximate surface area is 146 Å².